The zero-order valence-corrected chi connectivity index (χ0v) is 7.23. The zero-order chi connectivity index (χ0) is 8.44. The van der Waals surface area contributed by atoms with E-state index in [2.05, 4.69) is 17.2 Å². The van der Waals surface area contributed by atoms with Gasteiger partial charge in [0.2, 0.25) is 0 Å². The molecule has 0 aromatic carbocycles. The first-order valence-electron chi connectivity index (χ1n) is 4.26. The van der Waals surface area contributed by atoms with Crippen molar-refractivity contribution in [2.24, 2.45) is 5.41 Å². The smallest absolute Gasteiger partial charge is 0.0692 e. The molecule has 2 rings (SSSR count). The van der Waals surface area contributed by atoms with Crippen molar-refractivity contribution in [2.45, 2.75) is 19.9 Å². The Morgan fingerprint density at radius 3 is 2.83 bits per heavy atom. The molecule has 2 heterocycles. The lowest BCUT2D eigenvalue weighted by molar-refractivity contribution is -0.125. The highest BCUT2D eigenvalue weighted by atomic mass is 16.5. The Bertz CT molecular complexity index is 235. The van der Waals surface area contributed by atoms with E-state index in [1.807, 2.05) is 10.9 Å². The largest absolute Gasteiger partial charge is 0.380 e. The van der Waals surface area contributed by atoms with Crippen LogP contribution in [0.4, 0.5) is 0 Å². The molecule has 0 unspecified atom stereocenters. The second-order valence-corrected chi connectivity index (χ2v) is 3.45. The number of nitrogens with zero attached hydrogens (tertiary/aromatic N) is 3. The molecule has 4 heteroatoms. The molecule has 0 amide bonds. The quantitative estimate of drug-likeness (QED) is 0.665. The summed E-state index contributed by atoms with van der Waals surface area (Å²) in [5.41, 5.74) is 0.327. The van der Waals surface area contributed by atoms with Crippen molar-refractivity contribution in [1.29, 1.82) is 0 Å². The van der Waals surface area contributed by atoms with E-state index in [-0.39, 0.29) is 0 Å². The minimum absolute atomic E-state index is 0.327. The number of aromatic nitrogens is 3. The van der Waals surface area contributed by atoms with Gasteiger partial charge in [-0.2, -0.15) is 0 Å². The van der Waals surface area contributed by atoms with Gasteiger partial charge in [0.1, 0.15) is 0 Å². The zero-order valence-electron chi connectivity index (χ0n) is 7.23. The van der Waals surface area contributed by atoms with E-state index < -0.39 is 0 Å². The molecular formula is C8H13N3O. The topological polar surface area (TPSA) is 39.9 Å². The molecule has 1 aromatic rings. The lowest BCUT2D eigenvalue weighted by atomic mass is 9.83. The first-order valence-corrected chi connectivity index (χ1v) is 4.26. The Morgan fingerprint density at radius 2 is 2.42 bits per heavy atom. The van der Waals surface area contributed by atoms with Crippen molar-refractivity contribution >= 4 is 0 Å². The van der Waals surface area contributed by atoms with Crippen molar-refractivity contribution in [3.05, 3.63) is 12.4 Å². The maximum Gasteiger partial charge on any atom is 0.0692 e. The molecule has 0 N–H and O–H groups in total. The van der Waals surface area contributed by atoms with Crippen LogP contribution in [0.3, 0.4) is 0 Å². The van der Waals surface area contributed by atoms with Crippen LogP contribution in [0.5, 0.6) is 0 Å². The highest BCUT2D eigenvalue weighted by Crippen LogP contribution is 2.32. The van der Waals surface area contributed by atoms with E-state index in [0.29, 0.717) is 5.41 Å². The molecule has 1 aromatic heterocycles. The van der Waals surface area contributed by atoms with Gasteiger partial charge in [0.25, 0.3) is 0 Å². The van der Waals surface area contributed by atoms with Gasteiger partial charge >= 0.3 is 0 Å². The summed E-state index contributed by atoms with van der Waals surface area (Å²) >= 11 is 0. The van der Waals surface area contributed by atoms with Crippen molar-refractivity contribution in [2.75, 3.05) is 13.2 Å². The van der Waals surface area contributed by atoms with Gasteiger partial charge in [0.05, 0.1) is 26.0 Å². The fourth-order valence-electron chi connectivity index (χ4n) is 1.46. The number of hydrogen-bond acceptors (Lipinski definition) is 3. The van der Waals surface area contributed by atoms with Crippen molar-refractivity contribution in [3.63, 3.8) is 0 Å². The fourth-order valence-corrected chi connectivity index (χ4v) is 1.46. The molecule has 0 saturated carbocycles. The van der Waals surface area contributed by atoms with Crippen LogP contribution in [-0.4, -0.2) is 28.2 Å². The van der Waals surface area contributed by atoms with E-state index in [1.54, 1.807) is 6.20 Å². The molecule has 0 bridgehead atoms. The van der Waals surface area contributed by atoms with Crippen LogP contribution in [0.25, 0.3) is 0 Å². The van der Waals surface area contributed by atoms with Crippen LogP contribution in [0.2, 0.25) is 0 Å². The van der Waals surface area contributed by atoms with Crippen LogP contribution >= 0.6 is 0 Å². The lowest BCUT2D eigenvalue weighted by Gasteiger charge is -2.40. The molecule has 1 fully saturated rings. The van der Waals surface area contributed by atoms with Crippen LogP contribution in [0.15, 0.2) is 12.4 Å². The summed E-state index contributed by atoms with van der Waals surface area (Å²) in [7, 11) is 0. The summed E-state index contributed by atoms with van der Waals surface area (Å²) in [5.74, 6) is 0. The summed E-state index contributed by atoms with van der Waals surface area (Å²) in [6, 6.07) is 0. The van der Waals surface area contributed by atoms with Gasteiger partial charge in [-0.05, 0) is 6.42 Å². The van der Waals surface area contributed by atoms with E-state index in [0.717, 1.165) is 26.2 Å². The third-order valence-electron chi connectivity index (χ3n) is 2.54. The predicted octanol–water partition coefficient (Wildman–Crippen LogP) is 0.705. The van der Waals surface area contributed by atoms with Gasteiger partial charge in [-0.1, -0.05) is 12.1 Å². The molecule has 1 saturated heterocycles. The molecule has 4 nitrogen and oxygen atoms in total. The van der Waals surface area contributed by atoms with E-state index >= 15 is 0 Å². The van der Waals surface area contributed by atoms with Crippen LogP contribution in [0, 0.1) is 5.41 Å². The monoisotopic (exact) mass is 167 g/mol. The SMILES string of the molecule is CCC1(Cn2ccnn2)COC1. The van der Waals surface area contributed by atoms with E-state index in [1.165, 1.54) is 0 Å². The molecule has 0 aliphatic carbocycles. The van der Waals surface area contributed by atoms with Crippen molar-refractivity contribution in [3.8, 4) is 0 Å². The summed E-state index contributed by atoms with van der Waals surface area (Å²) in [5, 5.41) is 7.71. The van der Waals surface area contributed by atoms with Crippen LogP contribution in [0.1, 0.15) is 13.3 Å². The molecular weight excluding hydrogens is 154 g/mol. The molecule has 0 atom stereocenters. The van der Waals surface area contributed by atoms with Gasteiger partial charge in [-0.15, -0.1) is 5.10 Å². The standard InChI is InChI=1S/C8H13N3O/c1-2-8(6-12-7-8)5-11-4-3-9-10-11/h3-4H,2,5-7H2,1H3. The first-order chi connectivity index (χ1) is 5.85. The molecule has 12 heavy (non-hydrogen) atoms. The third-order valence-corrected chi connectivity index (χ3v) is 2.54. The minimum atomic E-state index is 0.327. The van der Waals surface area contributed by atoms with Crippen molar-refractivity contribution in [1.82, 2.24) is 15.0 Å². The summed E-state index contributed by atoms with van der Waals surface area (Å²) in [6.07, 6.45) is 4.76. The average Bonchev–Trinajstić information content (AvgIpc) is 2.49. The molecule has 0 radical (unpaired) electrons. The third kappa shape index (κ3) is 1.22. The molecule has 1 aliphatic rings. The minimum Gasteiger partial charge on any atom is -0.380 e. The maximum absolute atomic E-state index is 5.22. The molecule has 1 aliphatic heterocycles. The molecule has 0 spiro atoms. The van der Waals surface area contributed by atoms with E-state index in [9.17, 15) is 0 Å². The molecule has 66 valence electrons. The maximum atomic E-state index is 5.22. The summed E-state index contributed by atoms with van der Waals surface area (Å²) in [6.45, 7) is 4.86. The second kappa shape index (κ2) is 2.86. The fraction of sp³-hybridized carbons (Fsp3) is 0.750. The number of rotatable bonds is 3. The van der Waals surface area contributed by atoms with Gasteiger partial charge < -0.3 is 4.74 Å². The van der Waals surface area contributed by atoms with Crippen LogP contribution < -0.4 is 0 Å². The van der Waals surface area contributed by atoms with Gasteiger partial charge in [-0.3, -0.25) is 4.68 Å². The van der Waals surface area contributed by atoms with E-state index in [4.69, 9.17) is 4.74 Å². The Kier molecular flexibility index (Phi) is 1.84. The van der Waals surface area contributed by atoms with Gasteiger partial charge in [-0.25, -0.2) is 0 Å². The van der Waals surface area contributed by atoms with Gasteiger partial charge in [0.15, 0.2) is 0 Å². The second-order valence-electron chi connectivity index (χ2n) is 3.45. The normalized spacial score (nSPS) is 20.4. The van der Waals surface area contributed by atoms with Gasteiger partial charge in [0, 0.05) is 11.6 Å². The average molecular weight is 167 g/mol. The number of ether oxygens (including phenoxy) is 1. The summed E-state index contributed by atoms with van der Waals surface area (Å²) < 4.78 is 7.10. The Morgan fingerprint density at radius 1 is 1.58 bits per heavy atom. The summed E-state index contributed by atoms with van der Waals surface area (Å²) in [4.78, 5) is 0. The lowest BCUT2D eigenvalue weighted by Crippen LogP contribution is -2.45. The Labute approximate surface area is 71.5 Å². The Hall–Kier alpha value is -0.900. The predicted molar refractivity (Wildman–Crippen MR) is 43.6 cm³/mol. The first kappa shape index (κ1) is 7.73. The highest BCUT2D eigenvalue weighted by molar-refractivity contribution is 4.84. The Balaban J connectivity index is 2.01. The highest BCUT2D eigenvalue weighted by Gasteiger charge is 2.37. The number of hydrogen-bond donors (Lipinski definition) is 0. The van der Waals surface area contributed by atoms with Crippen molar-refractivity contribution < 1.29 is 4.74 Å². The van der Waals surface area contributed by atoms with Crippen LogP contribution in [-0.2, 0) is 11.3 Å².